The minimum absolute atomic E-state index is 0.0255. The van der Waals surface area contributed by atoms with Crippen LogP contribution >= 0.6 is 34.9 Å². The molecule has 4 aromatic rings. The maximum Gasteiger partial charge on any atom is 0.519 e. The lowest BCUT2D eigenvalue weighted by Gasteiger charge is -2.49. The van der Waals surface area contributed by atoms with E-state index in [4.69, 9.17) is 28.9 Å². The van der Waals surface area contributed by atoms with Gasteiger partial charge in [0.25, 0.3) is 11.8 Å². The van der Waals surface area contributed by atoms with Gasteiger partial charge in [0.1, 0.15) is 22.8 Å². The third-order valence-electron chi connectivity index (χ3n) is 7.60. The molecule has 2 atom stereocenters. The Balaban J connectivity index is 1.13. The summed E-state index contributed by atoms with van der Waals surface area (Å²) in [4.78, 5) is 75.8. The number of carbonyl (C=O) groups excluding carboxylic acids is 4. The SMILES string of the molecule is CSC1=C(C(=O)OCc2oc(=O)oc2C)N2C(=O)C(NC(=O)C(=NOCC(=O)OC(c3ccccc3)c3ccccc3)c3csc(N)n3)[C@@H]2SC1. The van der Waals surface area contributed by atoms with Crippen molar-refractivity contribution in [2.45, 2.75) is 31.1 Å². The Hall–Kier alpha value is -5.33. The number of fused-ring (bicyclic) bond motifs is 1. The molecule has 1 fully saturated rings. The van der Waals surface area contributed by atoms with Crippen LogP contribution in [0.5, 0.6) is 0 Å². The molecule has 51 heavy (non-hydrogen) atoms. The number of ether oxygens (including phenoxy) is 2. The Morgan fingerprint density at radius 1 is 1.10 bits per heavy atom. The van der Waals surface area contributed by atoms with Crippen molar-refractivity contribution in [2.75, 3.05) is 24.3 Å². The monoisotopic (exact) mass is 751 g/mol. The quantitative estimate of drug-likeness (QED) is 0.0870. The number of carbonyl (C=O) groups is 4. The van der Waals surface area contributed by atoms with Gasteiger partial charge < -0.3 is 34.2 Å². The molecule has 2 aromatic heterocycles. The van der Waals surface area contributed by atoms with E-state index in [0.29, 0.717) is 10.7 Å². The van der Waals surface area contributed by atoms with Crippen LogP contribution in [0, 0.1) is 6.92 Å². The molecule has 4 heterocycles. The molecule has 2 aliphatic heterocycles. The van der Waals surface area contributed by atoms with Crippen molar-refractivity contribution >= 4 is 69.5 Å². The Morgan fingerprint density at radius 3 is 2.37 bits per heavy atom. The molecular weight excluding hydrogens is 723 g/mol. The molecule has 2 aromatic carbocycles. The number of anilines is 1. The molecular formula is C33H29N5O10S3. The largest absolute Gasteiger partial charge is 0.519 e. The smallest absolute Gasteiger partial charge is 0.453 e. The molecule has 18 heteroatoms. The van der Waals surface area contributed by atoms with Crippen molar-refractivity contribution in [3.63, 3.8) is 0 Å². The van der Waals surface area contributed by atoms with Crippen LogP contribution < -0.4 is 16.9 Å². The Morgan fingerprint density at radius 2 is 1.78 bits per heavy atom. The summed E-state index contributed by atoms with van der Waals surface area (Å²) >= 11 is 3.67. The maximum atomic E-state index is 13.6. The number of nitrogens with one attached hydrogen (secondary N) is 1. The van der Waals surface area contributed by atoms with Gasteiger partial charge in [0.15, 0.2) is 35.1 Å². The first-order valence-electron chi connectivity index (χ1n) is 15.1. The van der Waals surface area contributed by atoms with Gasteiger partial charge in [0, 0.05) is 16.0 Å². The standard InChI is InChI=1S/C33H29N5O10S3/c1-17-21(47-33(43)46-17)13-44-31(42)26-22(49-2)16-50-30-25(29(41)38(26)30)36-28(40)24(20-15-51-32(34)35-20)37-45-14-23(39)48-27(18-9-5-3-6-10-18)19-11-7-4-8-12-19/h3-12,15,25,27,30H,13-14,16H2,1-2H3,(H2,34,35)(H,36,40)/t25?,30-/m0/s1. The van der Waals surface area contributed by atoms with Crippen molar-refractivity contribution < 1.29 is 42.3 Å². The molecule has 3 N–H and O–H groups in total. The van der Waals surface area contributed by atoms with E-state index in [1.54, 1.807) is 6.26 Å². The van der Waals surface area contributed by atoms with Gasteiger partial charge in [-0.1, -0.05) is 65.8 Å². The summed E-state index contributed by atoms with van der Waals surface area (Å²) in [6, 6.07) is 17.3. The number of esters is 2. The number of hydrogen-bond acceptors (Lipinski definition) is 16. The van der Waals surface area contributed by atoms with E-state index in [-0.39, 0.29) is 40.4 Å². The Labute approximate surface area is 302 Å². The van der Waals surface area contributed by atoms with Gasteiger partial charge in [-0.3, -0.25) is 14.5 Å². The molecule has 15 nitrogen and oxygen atoms in total. The molecule has 6 rings (SSSR count). The molecule has 264 valence electrons. The molecule has 0 spiro atoms. The summed E-state index contributed by atoms with van der Waals surface area (Å²) in [6.07, 6.45) is 1.04. The molecule has 2 aliphatic rings. The molecule has 0 radical (unpaired) electrons. The number of β-lactam (4-membered cyclic amide) rings is 1. The van der Waals surface area contributed by atoms with Gasteiger partial charge in [0.05, 0.1) is 0 Å². The number of amides is 2. The molecule has 1 unspecified atom stereocenters. The second kappa shape index (κ2) is 15.7. The predicted molar refractivity (Wildman–Crippen MR) is 187 cm³/mol. The number of nitrogen functional groups attached to an aromatic ring is 1. The summed E-state index contributed by atoms with van der Waals surface area (Å²) in [5.74, 6) is -3.33. The number of rotatable bonds is 13. The fourth-order valence-corrected chi connectivity index (χ4v) is 7.94. The van der Waals surface area contributed by atoms with Gasteiger partial charge >= 0.3 is 17.8 Å². The van der Waals surface area contributed by atoms with Crippen LogP contribution in [0.1, 0.15) is 34.4 Å². The topological polar surface area (TPSA) is 206 Å². The summed E-state index contributed by atoms with van der Waals surface area (Å²) in [6.45, 7) is 0.462. The highest BCUT2D eigenvalue weighted by Crippen LogP contribution is 2.43. The number of aryl methyl sites for hydroxylation is 1. The van der Waals surface area contributed by atoms with Crippen molar-refractivity contribution in [3.05, 3.63) is 116 Å². The lowest BCUT2D eigenvalue weighted by molar-refractivity contribution is -0.153. The molecule has 0 aliphatic carbocycles. The molecule has 1 saturated heterocycles. The van der Waals surface area contributed by atoms with Crippen LogP contribution in [-0.4, -0.2) is 69.4 Å². The van der Waals surface area contributed by atoms with E-state index >= 15 is 0 Å². The summed E-state index contributed by atoms with van der Waals surface area (Å²) in [5, 5.41) is 7.53. The number of nitrogens with zero attached hydrogens (tertiary/aromatic N) is 3. The summed E-state index contributed by atoms with van der Waals surface area (Å²) < 4.78 is 20.8. The Bertz CT molecular complexity index is 2020. The first-order chi connectivity index (χ1) is 24.6. The number of benzene rings is 2. The number of oxime groups is 1. The highest BCUT2D eigenvalue weighted by atomic mass is 32.2. The second-order valence-corrected chi connectivity index (χ2v) is 13.7. The van der Waals surface area contributed by atoms with E-state index in [1.807, 2.05) is 60.7 Å². The number of hydrogen-bond donors (Lipinski definition) is 2. The van der Waals surface area contributed by atoms with Crippen molar-refractivity contribution in [2.24, 2.45) is 5.16 Å². The molecule has 0 bridgehead atoms. The zero-order valence-electron chi connectivity index (χ0n) is 26.9. The van der Waals surface area contributed by atoms with Gasteiger partial charge in [-0.05, 0) is 24.3 Å². The van der Waals surface area contributed by atoms with Crippen molar-refractivity contribution in [1.29, 1.82) is 0 Å². The average Bonchev–Trinajstić information content (AvgIpc) is 3.72. The summed E-state index contributed by atoms with van der Waals surface area (Å²) in [5.41, 5.74) is 7.06. The highest BCUT2D eigenvalue weighted by molar-refractivity contribution is 8.05. The zero-order chi connectivity index (χ0) is 36.1. The van der Waals surface area contributed by atoms with Gasteiger partial charge in [-0.2, -0.15) is 0 Å². The fourth-order valence-electron chi connectivity index (χ4n) is 5.15. The van der Waals surface area contributed by atoms with Crippen LogP contribution in [0.4, 0.5) is 5.13 Å². The average molecular weight is 752 g/mol. The first-order valence-corrected chi connectivity index (χ1v) is 18.3. The van der Waals surface area contributed by atoms with Crippen LogP contribution in [0.3, 0.4) is 0 Å². The second-order valence-electron chi connectivity index (χ2n) is 10.8. The molecule has 0 saturated carbocycles. The normalized spacial score (nSPS) is 17.1. The van der Waals surface area contributed by atoms with Gasteiger partial charge in [-0.25, -0.2) is 19.4 Å². The van der Waals surface area contributed by atoms with Crippen LogP contribution in [0.15, 0.2) is 95.4 Å². The highest BCUT2D eigenvalue weighted by Gasteiger charge is 2.55. The van der Waals surface area contributed by atoms with Crippen LogP contribution in [-0.2, 0) is 40.1 Å². The van der Waals surface area contributed by atoms with Crippen LogP contribution in [0.25, 0.3) is 0 Å². The summed E-state index contributed by atoms with van der Waals surface area (Å²) in [7, 11) is 0. The number of aromatic nitrogens is 1. The van der Waals surface area contributed by atoms with Gasteiger partial charge in [0.2, 0.25) is 6.61 Å². The lowest BCUT2D eigenvalue weighted by Crippen LogP contribution is -2.71. The van der Waals surface area contributed by atoms with Gasteiger partial charge in [-0.15, -0.1) is 34.9 Å². The number of nitrogens with two attached hydrogens (primary N) is 1. The van der Waals surface area contributed by atoms with E-state index in [0.717, 1.165) is 22.5 Å². The third kappa shape index (κ3) is 7.87. The minimum Gasteiger partial charge on any atom is -0.453 e. The number of thioether (sulfide) groups is 2. The van der Waals surface area contributed by atoms with E-state index < -0.39 is 53.7 Å². The van der Waals surface area contributed by atoms with E-state index in [9.17, 15) is 24.0 Å². The van der Waals surface area contributed by atoms with Crippen LogP contribution in [0.2, 0.25) is 0 Å². The maximum absolute atomic E-state index is 13.6. The Kier molecular flexibility index (Phi) is 10.9. The lowest BCUT2D eigenvalue weighted by atomic mass is 10.0. The zero-order valence-corrected chi connectivity index (χ0v) is 29.4. The number of thiazole rings is 1. The first kappa shape index (κ1) is 35.5. The van der Waals surface area contributed by atoms with E-state index in [1.165, 1.54) is 40.7 Å². The minimum atomic E-state index is -1.05. The van der Waals surface area contributed by atoms with Crippen molar-refractivity contribution in [3.8, 4) is 0 Å². The predicted octanol–water partition coefficient (Wildman–Crippen LogP) is 3.35. The molecule has 2 amide bonds. The van der Waals surface area contributed by atoms with Crippen molar-refractivity contribution in [1.82, 2.24) is 15.2 Å². The van der Waals surface area contributed by atoms with E-state index in [2.05, 4.69) is 15.5 Å². The fraction of sp³-hybridized carbons (Fsp3) is 0.242. The third-order valence-corrected chi connectivity index (χ3v) is 10.6.